The van der Waals surface area contributed by atoms with Gasteiger partial charge in [-0.15, -0.1) is 0 Å². The fraction of sp³-hybridized carbons (Fsp3) is 0.235. The average molecular weight is 265 g/mol. The number of fused-ring (bicyclic) bond motifs is 1. The molecule has 0 spiro atoms. The third-order valence-electron chi connectivity index (χ3n) is 3.91. The minimum absolute atomic E-state index is 0.122. The second kappa shape index (κ2) is 4.67. The summed E-state index contributed by atoms with van der Waals surface area (Å²) in [5, 5.41) is 7.81. The summed E-state index contributed by atoms with van der Waals surface area (Å²) < 4.78 is 0. The maximum absolute atomic E-state index is 7.81. The highest BCUT2D eigenvalue weighted by atomic mass is 15.2. The van der Waals surface area contributed by atoms with Crippen LogP contribution in [0.2, 0.25) is 0 Å². The SMILES string of the molecule is Cc1ccc(C(=N)N)c(N2c3ccccc3CC2C)c1. The molecule has 0 amide bonds. The summed E-state index contributed by atoms with van der Waals surface area (Å²) in [6.45, 7) is 4.28. The molecule has 0 aromatic heterocycles. The largest absolute Gasteiger partial charge is 0.384 e. The zero-order valence-electron chi connectivity index (χ0n) is 11.9. The van der Waals surface area contributed by atoms with Gasteiger partial charge in [0.2, 0.25) is 0 Å². The van der Waals surface area contributed by atoms with Crippen LogP contribution in [-0.4, -0.2) is 11.9 Å². The minimum atomic E-state index is 0.122. The number of rotatable bonds is 2. The van der Waals surface area contributed by atoms with E-state index in [1.807, 2.05) is 12.1 Å². The van der Waals surface area contributed by atoms with Crippen LogP contribution in [0.15, 0.2) is 42.5 Å². The van der Waals surface area contributed by atoms with E-state index in [0.29, 0.717) is 6.04 Å². The van der Waals surface area contributed by atoms with E-state index in [9.17, 15) is 0 Å². The number of nitrogens with two attached hydrogens (primary N) is 1. The van der Waals surface area contributed by atoms with Crippen LogP contribution in [-0.2, 0) is 6.42 Å². The molecule has 0 fully saturated rings. The van der Waals surface area contributed by atoms with E-state index in [1.54, 1.807) is 0 Å². The summed E-state index contributed by atoms with van der Waals surface area (Å²) in [6, 6.07) is 14.9. The number of para-hydroxylation sites is 1. The first-order chi connectivity index (χ1) is 9.58. The molecule has 0 bridgehead atoms. The predicted molar refractivity (Wildman–Crippen MR) is 83.9 cm³/mol. The molecule has 0 saturated carbocycles. The molecule has 3 N–H and O–H groups in total. The average Bonchev–Trinajstić information content (AvgIpc) is 2.73. The van der Waals surface area contributed by atoms with Gasteiger partial charge in [-0.1, -0.05) is 24.3 Å². The van der Waals surface area contributed by atoms with Crippen molar-refractivity contribution in [3.63, 3.8) is 0 Å². The topological polar surface area (TPSA) is 53.1 Å². The van der Waals surface area contributed by atoms with Gasteiger partial charge in [-0.2, -0.15) is 0 Å². The number of benzene rings is 2. The number of nitrogens with zero attached hydrogens (tertiary/aromatic N) is 1. The molecule has 102 valence electrons. The number of amidine groups is 1. The van der Waals surface area contributed by atoms with E-state index in [-0.39, 0.29) is 5.84 Å². The Labute approximate surface area is 119 Å². The van der Waals surface area contributed by atoms with Crippen molar-refractivity contribution in [1.29, 1.82) is 5.41 Å². The number of hydrogen-bond donors (Lipinski definition) is 2. The van der Waals surface area contributed by atoms with Gasteiger partial charge in [0, 0.05) is 17.3 Å². The van der Waals surface area contributed by atoms with Gasteiger partial charge in [0.05, 0.1) is 5.69 Å². The summed E-state index contributed by atoms with van der Waals surface area (Å²) >= 11 is 0. The molecule has 3 rings (SSSR count). The smallest absolute Gasteiger partial charge is 0.124 e. The van der Waals surface area contributed by atoms with E-state index < -0.39 is 0 Å². The highest BCUT2D eigenvalue weighted by molar-refractivity contribution is 6.01. The molecule has 20 heavy (non-hydrogen) atoms. The first kappa shape index (κ1) is 12.7. The van der Waals surface area contributed by atoms with Crippen molar-refractivity contribution in [1.82, 2.24) is 0 Å². The standard InChI is InChI=1S/C17H19N3/c1-11-7-8-14(17(18)19)16(9-11)20-12(2)10-13-5-3-4-6-15(13)20/h3-9,12H,10H2,1-2H3,(H3,18,19). The third kappa shape index (κ3) is 1.95. The Morgan fingerprint density at radius 1 is 1.20 bits per heavy atom. The first-order valence-electron chi connectivity index (χ1n) is 6.90. The van der Waals surface area contributed by atoms with Crippen molar-refractivity contribution in [3.8, 4) is 0 Å². The second-order valence-corrected chi connectivity index (χ2v) is 5.49. The molecular weight excluding hydrogens is 246 g/mol. The van der Waals surface area contributed by atoms with E-state index >= 15 is 0 Å². The molecule has 2 aromatic carbocycles. The maximum atomic E-state index is 7.81. The molecule has 1 atom stereocenters. The number of aryl methyl sites for hydroxylation is 1. The highest BCUT2D eigenvalue weighted by Crippen LogP contribution is 2.39. The summed E-state index contributed by atoms with van der Waals surface area (Å²) in [7, 11) is 0. The summed E-state index contributed by atoms with van der Waals surface area (Å²) in [6.07, 6.45) is 1.03. The van der Waals surface area contributed by atoms with Crippen molar-refractivity contribution in [3.05, 3.63) is 59.2 Å². The van der Waals surface area contributed by atoms with Crippen molar-refractivity contribution in [2.75, 3.05) is 4.90 Å². The lowest BCUT2D eigenvalue weighted by molar-refractivity contribution is 0.758. The fourth-order valence-corrected chi connectivity index (χ4v) is 3.00. The molecule has 1 heterocycles. The van der Waals surface area contributed by atoms with Crippen LogP contribution in [0.1, 0.15) is 23.6 Å². The summed E-state index contributed by atoms with van der Waals surface area (Å²) in [5.74, 6) is 0.122. The van der Waals surface area contributed by atoms with Gasteiger partial charge in [0.25, 0.3) is 0 Å². The molecule has 0 radical (unpaired) electrons. The molecule has 1 aliphatic rings. The Balaban J connectivity index is 2.18. The van der Waals surface area contributed by atoms with Gasteiger partial charge in [0.1, 0.15) is 5.84 Å². The van der Waals surface area contributed by atoms with Crippen LogP contribution >= 0.6 is 0 Å². The molecule has 1 unspecified atom stereocenters. The molecule has 2 aromatic rings. The Bertz CT molecular complexity index is 676. The van der Waals surface area contributed by atoms with Crippen LogP contribution in [0.3, 0.4) is 0 Å². The van der Waals surface area contributed by atoms with Crippen LogP contribution in [0, 0.1) is 12.3 Å². The quantitative estimate of drug-likeness (QED) is 0.646. The van der Waals surface area contributed by atoms with Crippen LogP contribution in [0.4, 0.5) is 11.4 Å². The Hall–Kier alpha value is -2.29. The predicted octanol–water partition coefficient (Wildman–Crippen LogP) is 3.36. The fourth-order valence-electron chi connectivity index (χ4n) is 3.00. The van der Waals surface area contributed by atoms with Crippen molar-refractivity contribution >= 4 is 17.2 Å². The van der Waals surface area contributed by atoms with Gasteiger partial charge in [-0.05, 0) is 49.6 Å². The Kier molecular flexibility index (Phi) is 2.97. The van der Waals surface area contributed by atoms with E-state index in [4.69, 9.17) is 11.1 Å². The lowest BCUT2D eigenvalue weighted by atomic mass is 10.1. The first-order valence-corrected chi connectivity index (χ1v) is 6.90. The van der Waals surface area contributed by atoms with E-state index in [1.165, 1.54) is 16.8 Å². The highest BCUT2D eigenvalue weighted by Gasteiger charge is 2.28. The monoisotopic (exact) mass is 265 g/mol. The van der Waals surface area contributed by atoms with Gasteiger partial charge < -0.3 is 10.6 Å². The molecule has 0 saturated heterocycles. The molecule has 1 aliphatic heterocycles. The molecule has 3 nitrogen and oxygen atoms in total. The summed E-state index contributed by atoms with van der Waals surface area (Å²) in [4.78, 5) is 2.30. The number of nitrogen functional groups attached to an aromatic ring is 1. The minimum Gasteiger partial charge on any atom is -0.384 e. The van der Waals surface area contributed by atoms with Crippen molar-refractivity contribution in [2.45, 2.75) is 26.3 Å². The van der Waals surface area contributed by atoms with Crippen LogP contribution in [0.5, 0.6) is 0 Å². The van der Waals surface area contributed by atoms with Crippen molar-refractivity contribution < 1.29 is 0 Å². The molecule has 3 heteroatoms. The number of anilines is 2. The van der Waals surface area contributed by atoms with E-state index in [0.717, 1.165) is 17.7 Å². The van der Waals surface area contributed by atoms with Crippen LogP contribution < -0.4 is 10.6 Å². The number of hydrogen-bond acceptors (Lipinski definition) is 2. The zero-order valence-corrected chi connectivity index (χ0v) is 11.9. The lowest BCUT2D eigenvalue weighted by Crippen LogP contribution is -2.27. The van der Waals surface area contributed by atoms with E-state index in [2.05, 4.69) is 49.1 Å². The van der Waals surface area contributed by atoms with Gasteiger partial charge >= 0.3 is 0 Å². The Morgan fingerprint density at radius 2 is 1.95 bits per heavy atom. The van der Waals surface area contributed by atoms with Crippen LogP contribution in [0.25, 0.3) is 0 Å². The number of nitrogens with one attached hydrogen (secondary N) is 1. The zero-order chi connectivity index (χ0) is 14.3. The summed E-state index contributed by atoms with van der Waals surface area (Å²) in [5.41, 5.74) is 11.4. The normalized spacial score (nSPS) is 17.1. The molecule has 0 aliphatic carbocycles. The maximum Gasteiger partial charge on any atom is 0.124 e. The van der Waals surface area contributed by atoms with Gasteiger partial charge in [-0.3, -0.25) is 5.41 Å². The Morgan fingerprint density at radius 3 is 2.70 bits per heavy atom. The molecular formula is C17H19N3. The third-order valence-corrected chi connectivity index (χ3v) is 3.91. The van der Waals surface area contributed by atoms with Crippen molar-refractivity contribution in [2.24, 2.45) is 5.73 Å². The second-order valence-electron chi connectivity index (χ2n) is 5.49. The lowest BCUT2D eigenvalue weighted by Gasteiger charge is -2.27. The van der Waals surface area contributed by atoms with Gasteiger partial charge in [-0.25, -0.2) is 0 Å². The van der Waals surface area contributed by atoms with Gasteiger partial charge in [0.15, 0.2) is 0 Å².